The topological polar surface area (TPSA) is 78.4 Å². The molecule has 0 saturated heterocycles. The van der Waals surface area contributed by atoms with E-state index in [1.54, 1.807) is 0 Å². The summed E-state index contributed by atoms with van der Waals surface area (Å²) >= 11 is 0. The van der Waals surface area contributed by atoms with Gasteiger partial charge in [-0.15, -0.1) is 0 Å². The van der Waals surface area contributed by atoms with Gasteiger partial charge in [0.15, 0.2) is 11.6 Å². The second kappa shape index (κ2) is 5.74. The first kappa shape index (κ1) is 13.6. The largest absolute Gasteiger partial charge is 0.491 e. The highest BCUT2D eigenvalue weighted by molar-refractivity contribution is 7.85. The van der Waals surface area contributed by atoms with E-state index in [0.29, 0.717) is 18.1 Å². The van der Waals surface area contributed by atoms with Gasteiger partial charge in [-0.25, -0.2) is 9.97 Å². The first-order valence-electron chi connectivity index (χ1n) is 4.90. The van der Waals surface area contributed by atoms with Crippen LogP contribution in [-0.2, 0) is 24.8 Å². The van der Waals surface area contributed by atoms with E-state index < -0.39 is 10.1 Å². The molecule has 17 heavy (non-hydrogen) atoms. The Bertz CT molecular complexity index is 499. The Morgan fingerprint density at radius 1 is 1.53 bits per heavy atom. The van der Waals surface area contributed by atoms with E-state index in [-0.39, 0.29) is 11.6 Å². The zero-order valence-electron chi connectivity index (χ0n) is 9.71. The lowest BCUT2D eigenvalue weighted by Gasteiger charge is -2.06. The lowest BCUT2D eigenvalue weighted by molar-refractivity contribution is 0.296. The van der Waals surface area contributed by atoms with Gasteiger partial charge in [0.05, 0.1) is 19.4 Å². The maximum absolute atomic E-state index is 11.2. The Kier molecular flexibility index (Phi) is 4.59. The second-order valence-corrected chi connectivity index (χ2v) is 4.83. The molecule has 0 aromatic carbocycles. The molecule has 94 valence electrons. The van der Waals surface area contributed by atoms with Gasteiger partial charge in [0.25, 0.3) is 10.1 Å². The Morgan fingerprint density at radius 2 is 2.24 bits per heavy atom. The third kappa shape index (κ3) is 4.12. The van der Waals surface area contributed by atoms with E-state index in [1.807, 2.05) is 6.92 Å². The standard InChI is InChI=1S/C10H14N2O4S/c1-4-16-8(2)10-11-6-5-9(12-10)7-17(13,14)15-3/h5-6H,2,4,7H2,1,3H3. The molecular formula is C10H14N2O4S. The Labute approximate surface area is 100 Å². The minimum Gasteiger partial charge on any atom is -0.491 e. The van der Waals surface area contributed by atoms with Gasteiger partial charge in [0.1, 0.15) is 5.75 Å². The molecule has 0 aliphatic heterocycles. The number of rotatable bonds is 6. The van der Waals surface area contributed by atoms with E-state index in [4.69, 9.17) is 4.74 Å². The van der Waals surface area contributed by atoms with Gasteiger partial charge in [-0.3, -0.25) is 4.18 Å². The lowest BCUT2D eigenvalue weighted by atomic mass is 10.4. The Morgan fingerprint density at radius 3 is 2.82 bits per heavy atom. The van der Waals surface area contributed by atoms with Gasteiger partial charge in [-0.1, -0.05) is 6.58 Å². The lowest BCUT2D eigenvalue weighted by Crippen LogP contribution is -2.09. The van der Waals surface area contributed by atoms with E-state index in [0.717, 1.165) is 7.11 Å². The monoisotopic (exact) mass is 258 g/mol. The van der Waals surface area contributed by atoms with Gasteiger partial charge < -0.3 is 4.74 Å². The molecule has 0 bridgehead atoms. The average molecular weight is 258 g/mol. The number of hydrogen-bond acceptors (Lipinski definition) is 6. The Hall–Kier alpha value is -1.47. The average Bonchev–Trinajstić information content (AvgIpc) is 2.29. The summed E-state index contributed by atoms with van der Waals surface area (Å²) in [6.45, 7) is 5.90. The van der Waals surface area contributed by atoms with E-state index in [9.17, 15) is 8.42 Å². The summed E-state index contributed by atoms with van der Waals surface area (Å²) in [6, 6.07) is 1.50. The maximum Gasteiger partial charge on any atom is 0.272 e. The zero-order chi connectivity index (χ0) is 12.9. The van der Waals surface area contributed by atoms with Gasteiger partial charge in [0, 0.05) is 6.20 Å². The summed E-state index contributed by atoms with van der Waals surface area (Å²) in [7, 11) is -2.48. The van der Waals surface area contributed by atoms with Crippen LogP contribution in [0.4, 0.5) is 0 Å². The summed E-state index contributed by atoms with van der Waals surface area (Å²) in [5.74, 6) is 0.276. The molecule has 0 amide bonds. The molecule has 0 atom stereocenters. The van der Waals surface area contributed by atoms with Crippen LogP contribution in [0.15, 0.2) is 18.8 Å². The van der Waals surface area contributed by atoms with Crippen molar-refractivity contribution in [2.24, 2.45) is 0 Å². The highest BCUT2D eigenvalue weighted by Crippen LogP contribution is 2.10. The molecule has 0 radical (unpaired) electrons. The van der Waals surface area contributed by atoms with Crippen LogP contribution in [0.2, 0.25) is 0 Å². The van der Waals surface area contributed by atoms with E-state index in [1.165, 1.54) is 12.3 Å². The maximum atomic E-state index is 11.2. The van der Waals surface area contributed by atoms with Crippen molar-refractivity contribution in [3.63, 3.8) is 0 Å². The molecule has 6 nitrogen and oxygen atoms in total. The van der Waals surface area contributed by atoms with E-state index in [2.05, 4.69) is 20.7 Å². The number of hydrogen-bond donors (Lipinski definition) is 0. The molecule has 1 aromatic heterocycles. The molecule has 0 aliphatic rings. The van der Waals surface area contributed by atoms with Crippen LogP contribution in [-0.4, -0.2) is 32.1 Å². The van der Waals surface area contributed by atoms with Gasteiger partial charge >= 0.3 is 0 Å². The highest BCUT2D eigenvalue weighted by atomic mass is 32.2. The van der Waals surface area contributed by atoms with Crippen molar-refractivity contribution < 1.29 is 17.3 Å². The summed E-state index contributed by atoms with van der Waals surface area (Å²) in [5.41, 5.74) is 0.331. The highest BCUT2D eigenvalue weighted by Gasteiger charge is 2.13. The number of ether oxygens (including phenoxy) is 1. The van der Waals surface area contributed by atoms with Crippen LogP contribution in [0.3, 0.4) is 0 Å². The normalized spacial score (nSPS) is 11.2. The summed E-state index contributed by atoms with van der Waals surface area (Å²) in [4.78, 5) is 7.97. The molecular weight excluding hydrogens is 244 g/mol. The molecule has 1 heterocycles. The van der Waals surface area contributed by atoms with Crippen molar-refractivity contribution in [2.75, 3.05) is 13.7 Å². The van der Waals surface area contributed by atoms with Gasteiger partial charge in [0.2, 0.25) is 0 Å². The smallest absolute Gasteiger partial charge is 0.272 e. The minimum absolute atomic E-state index is 0.274. The zero-order valence-corrected chi connectivity index (χ0v) is 10.5. The van der Waals surface area contributed by atoms with Crippen LogP contribution >= 0.6 is 0 Å². The van der Waals surface area contributed by atoms with Crippen molar-refractivity contribution in [1.82, 2.24) is 9.97 Å². The fraction of sp³-hybridized carbons (Fsp3) is 0.400. The fourth-order valence-corrected chi connectivity index (χ4v) is 1.73. The number of aromatic nitrogens is 2. The molecule has 0 fully saturated rings. The predicted molar refractivity (Wildman–Crippen MR) is 62.3 cm³/mol. The van der Waals surface area contributed by atoms with Gasteiger partial charge in [-0.2, -0.15) is 8.42 Å². The third-order valence-corrected chi connectivity index (χ3v) is 3.02. The summed E-state index contributed by atoms with van der Waals surface area (Å²) in [5, 5.41) is 0. The van der Waals surface area contributed by atoms with Crippen molar-refractivity contribution in [3.8, 4) is 0 Å². The fourth-order valence-electron chi connectivity index (χ4n) is 1.09. The predicted octanol–water partition coefficient (Wildman–Crippen LogP) is 0.960. The molecule has 0 aliphatic carbocycles. The Balaban J connectivity index is 2.90. The first-order valence-corrected chi connectivity index (χ1v) is 6.48. The molecule has 0 saturated carbocycles. The van der Waals surface area contributed by atoms with Crippen LogP contribution in [0, 0.1) is 0 Å². The quantitative estimate of drug-likeness (QED) is 0.558. The molecule has 0 spiro atoms. The molecule has 1 rings (SSSR count). The van der Waals surface area contributed by atoms with Crippen LogP contribution in [0.25, 0.3) is 5.76 Å². The first-order chi connectivity index (χ1) is 7.98. The van der Waals surface area contributed by atoms with Crippen molar-refractivity contribution in [2.45, 2.75) is 12.7 Å². The van der Waals surface area contributed by atoms with E-state index >= 15 is 0 Å². The second-order valence-electron chi connectivity index (χ2n) is 3.10. The minimum atomic E-state index is -3.59. The van der Waals surface area contributed by atoms with Gasteiger partial charge in [-0.05, 0) is 13.0 Å². The molecule has 0 N–H and O–H groups in total. The van der Waals surface area contributed by atoms with Crippen LogP contribution in [0.1, 0.15) is 18.4 Å². The molecule has 1 aromatic rings. The van der Waals surface area contributed by atoms with Crippen LogP contribution < -0.4 is 0 Å². The van der Waals surface area contributed by atoms with Crippen molar-refractivity contribution in [3.05, 3.63) is 30.4 Å². The SMILES string of the molecule is C=C(OCC)c1nccc(CS(=O)(=O)OC)n1. The number of nitrogens with zero attached hydrogens (tertiary/aromatic N) is 2. The summed E-state index contributed by atoms with van der Waals surface area (Å²) < 4.78 is 32.0. The van der Waals surface area contributed by atoms with Crippen LogP contribution in [0.5, 0.6) is 0 Å². The third-order valence-electron chi connectivity index (χ3n) is 1.86. The van der Waals surface area contributed by atoms with Crippen molar-refractivity contribution in [1.29, 1.82) is 0 Å². The molecule has 0 unspecified atom stereocenters. The molecule has 7 heteroatoms. The van der Waals surface area contributed by atoms with Crippen molar-refractivity contribution >= 4 is 15.9 Å². The summed E-state index contributed by atoms with van der Waals surface area (Å²) in [6.07, 6.45) is 1.45.